The molecule has 0 heterocycles. The number of methoxy groups -OCH3 is 1. The van der Waals surface area contributed by atoms with E-state index in [-0.39, 0.29) is 16.6 Å². The summed E-state index contributed by atoms with van der Waals surface area (Å²) in [5, 5.41) is 2.71. The average molecular weight is 419 g/mol. The summed E-state index contributed by atoms with van der Waals surface area (Å²) in [6.45, 7) is 5.27. The van der Waals surface area contributed by atoms with Gasteiger partial charge in [0.2, 0.25) is 15.9 Å². The largest absolute Gasteiger partial charge is 0.497 e. The molecule has 2 rings (SSSR count). The van der Waals surface area contributed by atoms with Crippen LogP contribution in [0.25, 0.3) is 0 Å². The molecule has 0 saturated heterocycles. The lowest BCUT2D eigenvalue weighted by atomic mass is 10.0. The number of hydrogen-bond acceptors (Lipinski definition) is 5. The molecule has 2 aromatic rings. The maximum atomic E-state index is 12.8. The lowest BCUT2D eigenvalue weighted by Crippen LogP contribution is -2.44. The van der Waals surface area contributed by atoms with Crippen LogP contribution in [0.4, 0.5) is 5.69 Å². The molecule has 0 bridgehead atoms. The molecule has 2 aromatic carbocycles. The fourth-order valence-corrected chi connectivity index (χ4v) is 3.92. The number of anilines is 1. The first kappa shape index (κ1) is 22.6. The molecule has 0 aromatic heterocycles. The highest BCUT2D eigenvalue weighted by Crippen LogP contribution is 2.18. The van der Waals surface area contributed by atoms with E-state index in [0.29, 0.717) is 23.4 Å². The Hall–Kier alpha value is -2.71. The molecule has 0 aliphatic heterocycles. The summed E-state index contributed by atoms with van der Waals surface area (Å²) < 4.78 is 33.0. The number of ketones is 1. The lowest BCUT2D eigenvalue weighted by molar-refractivity contribution is -0.118. The zero-order valence-electron chi connectivity index (χ0n) is 16.9. The Kier molecular flexibility index (Phi) is 7.53. The van der Waals surface area contributed by atoms with Gasteiger partial charge in [0.25, 0.3) is 0 Å². The van der Waals surface area contributed by atoms with Crippen molar-refractivity contribution in [1.29, 1.82) is 0 Å². The average Bonchev–Trinajstić information content (AvgIpc) is 2.67. The van der Waals surface area contributed by atoms with Crippen molar-refractivity contribution in [2.24, 2.45) is 5.92 Å². The highest BCUT2D eigenvalue weighted by atomic mass is 32.2. The van der Waals surface area contributed by atoms with E-state index in [1.165, 1.54) is 26.2 Å². The van der Waals surface area contributed by atoms with Crippen LogP contribution in [0.2, 0.25) is 0 Å². The van der Waals surface area contributed by atoms with Crippen LogP contribution in [-0.2, 0) is 14.8 Å². The molecule has 0 aliphatic rings. The van der Waals surface area contributed by atoms with E-state index in [2.05, 4.69) is 10.0 Å². The Bertz CT molecular complexity index is 952. The van der Waals surface area contributed by atoms with Crippen LogP contribution in [-0.4, -0.2) is 33.3 Å². The number of nitrogens with one attached hydrogen (secondary N) is 2. The molecular formula is C21H26N2O5S. The second kappa shape index (κ2) is 9.67. The molecule has 2 N–H and O–H groups in total. The number of sulfonamides is 1. The molecule has 0 unspecified atom stereocenters. The number of benzene rings is 2. The Labute approximate surface area is 171 Å². The molecule has 0 radical (unpaired) electrons. The monoisotopic (exact) mass is 418 g/mol. The third-order valence-corrected chi connectivity index (χ3v) is 5.74. The SMILES string of the molecule is COc1ccc(S(=O)(=O)N[C@@H](CC(C)C)C(=O)Nc2ccc(C(C)=O)cc2)cc1. The van der Waals surface area contributed by atoms with Crippen LogP contribution < -0.4 is 14.8 Å². The van der Waals surface area contributed by atoms with Gasteiger partial charge in [-0.2, -0.15) is 4.72 Å². The molecule has 8 heteroatoms. The molecule has 0 saturated carbocycles. The quantitative estimate of drug-likeness (QED) is 0.609. The third-order valence-electron chi connectivity index (χ3n) is 4.25. The zero-order valence-corrected chi connectivity index (χ0v) is 17.7. The lowest BCUT2D eigenvalue weighted by Gasteiger charge is -2.20. The fourth-order valence-electron chi connectivity index (χ4n) is 2.71. The maximum absolute atomic E-state index is 12.8. The first-order chi connectivity index (χ1) is 13.6. The molecule has 0 fully saturated rings. The smallest absolute Gasteiger partial charge is 0.242 e. The van der Waals surface area contributed by atoms with Crippen molar-refractivity contribution in [2.75, 3.05) is 12.4 Å². The molecule has 7 nitrogen and oxygen atoms in total. The van der Waals surface area contributed by atoms with Crippen LogP contribution in [0.1, 0.15) is 37.6 Å². The van der Waals surface area contributed by atoms with E-state index in [4.69, 9.17) is 4.74 Å². The number of rotatable bonds is 9. The van der Waals surface area contributed by atoms with Gasteiger partial charge in [-0.25, -0.2) is 8.42 Å². The van der Waals surface area contributed by atoms with Crippen molar-refractivity contribution in [2.45, 2.75) is 38.1 Å². The normalized spacial score (nSPS) is 12.4. The molecule has 0 aliphatic carbocycles. The minimum absolute atomic E-state index is 0.0469. The summed E-state index contributed by atoms with van der Waals surface area (Å²) in [6, 6.07) is 11.4. The Morgan fingerprint density at radius 3 is 2.07 bits per heavy atom. The van der Waals surface area contributed by atoms with Crippen molar-refractivity contribution >= 4 is 27.4 Å². The molecule has 156 valence electrons. The Morgan fingerprint density at radius 2 is 1.59 bits per heavy atom. The van der Waals surface area contributed by atoms with Gasteiger partial charge in [-0.3, -0.25) is 9.59 Å². The van der Waals surface area contributed by atoms with Crippen LogP contribution in [0.15, 0.2) is 53.4 Å². The van der Waals surface area contributed by atoms with Gasteiger partial charge >= 0.3 is 0 Å². The summed E-state index contributed by atoms with van der Waals surface area (Å²) in [4.78, 5) is 24.2. The van der Waals surface area contributed by atoms with Crippen LogP contribution in [0.3, 0.4) is 0 Å². The van der Waals surface area contributed by atoms with Gasteiger partial charge in [0, 0.05) is 11.3 Å². The van der Waals surface area contributed by atoms with Crippen molar-refractivity contribution in [3.8, 4) is 5.75 Å². The Balaban J connectivity index is 2.18. The minimum atomic E-state index is -3.90. The first-order valence-corrected chi connectivity index (χ1v) is 10.7. The van der Waals surface area contributed by atoms with Crippen LogP contribution >= 0.6 is 0 Å². The minimum Gasteiger partial charge on any atom is -0.497 e. The summed E-state index contributed by atoms with van der Waals surface area (Å²) in [7, 11) is -2.40. The number of carbonyl (C=O) groups excluding carboxylic acids is 2. The Morgan fingerprint density at radius 1 is 1.00 bits per heavy atom. The van der Waals surface area contributed by atoms with Crippen LogP contribution in [0, 0.1) is 5.92 Å². The predicted molar refractivity (Wildman–Crippen MR) is 112 cm³/mol. The van der Waals surface area contributed by atoms with Gasteiger partial charge in [-0.05, 0) is 67.8 Å². The van der Waals surface area contributed by atoms with Crippen LogP contribution in [0.5, 0.6) is 5.75 Å². The molecular weight excluding hydrogens is 392 g/mol. The second-order valence-electron chi connectivity index (χ2n) is 7.10. The molecule has 29 heavy (non-hydrogen) atoms. The molecule has 0 spiro atoms. The van der Waals surface area contributed by atoms with Gasteiger partial charge in [-0.1, -0.05) is 13.8 Å². The third kappa shape index (κ3) is 6.40. The second-order valence-corrected chi connectivity index (χ2v) is 8.82. The van der Waals surface area contributed by atoms with Gasteiger partial charge in [0.05, 0.1) is 12.0 Å². The van der Waals surface area contributed by atoms with Crippen molar-refractivity contribution < 1.29 is 22.7 Å². The summed E-state index contributed by atoms with van der Waals surface area (Å²) in [6.07, 6.45) is 0.326. The van der Waals surface area contributed by atoms with E-state index in [9.17, 15) is 18.0 Å². The number of carbonyl (C=O) groups is 2. The molecule has 1 amide bonds. The van der Waals surface area contributed by atoms with E-state index in [1.54, 1.807) is 36.4 Å². The number of amides is 1. The van der Waals surface area contributed by atoms with E-state index < -0.39 is 22.0 Å². The van der Waals surface area contributed by atoms with Crippen molar-refractivity contribution in [1.82, 2.24) is 4.72 Å². The topological polar surface area (TPSA) is 102 Å². The zero-order chi connectivity index (χ0) is 21.6. The van der Waals surface area contributed by atoms with Gasteiger partial charge in [0.15, 0.2) is 5.78 Å². The summed E-state index contributed by atoms with van der Waals surface area (Å²) in [5.74, 6) is 0.0815. The summed E-state index contributed by atoms with van der Waals surface area (Å²) >= 11 is 0. The van der Waals surface area contributed by atoms with E-state index in [0.717, 1.165) is 0 Å². The predicted octanol–water partition coefficient (Wildman–Crippen LogP) is 3.23. The fraction of sp³-hybridized carbons (Fsp3) is 0.333. The highest BCUT2D eigenvalue weighted by Gasteiger charge is 2.26. The van der Waals surface area contributed by atoms with Crippen molar-refractivity contribution in [3.63, 3.8) is 0 Å². The number of ether oxygens (including phenoxy) is 1. The number of Topliss-reactive ketones (excluding diaryl/α,β-unsaturated/α-hetero) is 1. The molecule has 1 atom stereocenters. The van der Waals surface area contributed by atoms with E-state index >= 15 is 0 Å². The standard InChI is InChI=1S/C21H26N2O5S/c1-14(2)13-20(21(25)22-17-7-5-16(6-8-17)15(3)24)23-29(26,27)19-11-9-18(28-4)10-12-19/h5-12,14,20,23H,13H2,1-4H3,(H,22,25)/t20-/m0/s1. The first-order valence-electron chi connectivity index (χ1n) is 9.20. The van der Waals surface area contributed by atoms with Gasteiger partial charge < -0.3 is 10.1 Å². The number of hydrogen-bond donors (Lipinski definition) is 2. The summed E-state index contributed by atoms with van der Waals surface area (Å²) in [5.41, 5.74) is 1.01. The maximum Gasteiger partial charge on any atom is 0.242 e. The van der Waals surface area contributed by atoms with Gasteiger partial charge in [0.1, 0.15) is 11.8 Å². The van der Waals surface area contributed by atoms with Crippen molar-refractivity contribution in [3.05, 3.63) is 54.1 Å². The van der Waals surface area contributed by atoms with Gasteiger partial charge in [-0.15, -0.1) is 0 Å². The highest BCUT2D eigenvalue weighted by molar-refractivity contribution is 7.89. The van der Waals surface area contributed by atoms with E-state index in [1.807, 2.05) is 13.8 Å².